The van der Waals surface area contributed by atoms with Crippen molar-refractivity contribution in [3.8, 4) is 0 Å². The Morgan fingerprint density at radius 3 is 2.35 bits per heavy atom. The van der Waals surface area contributed by atoms with Crippen molar-refractivity contribution < 1.29 is 48.6 Å². The second-order valence-electron chi connectivity index (χ2n) is 3.73. The maximum absolute atomic E-state index is 12.9. The summed E-state index contributed by atoms with van der Waals surface area (Å²) in [5.41, 5.74) is 0. The Kier molecular flexibility index (Phi) is 12.4. The van der Waals surface area contributed by atoms with Crippen molar-refractivity contribution in [2.45, 2.75) is 45.7 Å². The number of hydrogen-bond donors (Lipinski definition) is 0. The van der Waals surface area contributed by atoms with Crippen LogP contribution < -0.4 is 34.7 Å². The van der Waals surface area contributed by atoms with Crippen LogP contribution >= 0.6 is 0 Å². The molecule has 0 radical (unpaired) electrons. The molecule has 0 bridgehead atoms. The number of rotatable bonds is 8. The summed E-state index contributed by atoms with van der Waals surface area (Å²) in [7, 11) is 0. The third kappa shape index (κ3) is 9.56. The van der Waals surface area contributed by atoms with Gasteiger partial charge in [0.05, 0.1) is 12.5 Å². The van der Waals surface area contributed by atoms with E-state index in [2.05, 4.69) is 0 Å². The smallest absolute Gasteiger partial charge is 0.548 e. The molecule has 0 aliphatic heterocycles. The first-order valence-electron chi connectivity index (χ1n) is 5.62. The summed E-state index contributed by atoms with van der Waals surface area (Å²) in [5.74, 6) is -1.60. The van der Waals surface area contributed by atoms with Crippen LogP contribution in [0.25, 0.3) is 0 Å². The SMILES string of the molecule is CCCN(CC(=O)[O-])C(=O)CCC(F)CC.[Na+]. The number of carboxylic acid groups (broad SMARTS) is 1. The van der Waals surface area contributed by atoms with Gasteiger partial charge in [-0.15, -0.1) is 0 Å². The van der Waals surface area contributed by atoms with E-state index in [0.717, 1.165) is 0 Å². The van der Waals surface area contributed by atoms with Crippen LogP contribution in [0.4, 0.5) is 4.39 Å². The second kappa shape index (κ2) is 11.0. The third-order valence-corrected chi connectivity index (χ3v) is 2.28. The summed E-state index contributed by atoms with van der Waals surface area (Å²) in [6.45, 7) is 3.52. The molecule has 0 aliphatic carbocycles. The van der Waals surface area contributed by atoms with Crippen LogP contribution in [0.5, 0.6) is 0 Å². The number of alkyl halides is 1. The second-order valence-corrected chi connectivity index (χ2v) is 3.73. The van der Waals surface area contributed by atoms with E-state index in [1.807, 2.05) is 6.92 Å². The topological polar surface area (TPSA) is 60.4 Å². The van der Waals surface area contributed by atoms with E-state index >= 15 is 0 Å². The number of nitrogens with zero attached hydrogens (tertiary/aromatic N) is 1. The fourth-order valence-electron chi connectivity index (χ4n) is 1.36. The maximum atomic E-state index is 12.9. The van der Waals surface area contributed by atoms with Crippen molar-refractivity contribution >= 4 is 11.9 Å². The maximum Gasteiger partial charge on any atom is 1.00 e. The molecule has 1 atom stereocenters. The van der Waals surface area contributed by atoms with Gasteiger partial charge in [-0.2, -0.15) is 0 Å². The molecule has 0 spiro atoms. The number of aliphatic carboxylic acids is 1. The Morgan fingerprint density at radius 1 is 1.35 bits per heavy atom. The molecule has 0 aliphatic rings. The number of hydrogen-bond acceptors (Lipinski definition) is 3. The normalized spacial score (nSPS) is 11.5. The van der Waals surface area contributed by atoms with Crippen molar-refractivity contribution in [2.24, 2.45) is 0 Å². The van der Waals surface area contributed by atoms with Gasteiger partial charge in [0.1, 0.15) is 6.17 Å². The molecule has 6 heteroatoms. The minimum Gasteiger partial charge on any atom is -0.548 e. The Morgan fingerprint density at radius 2 is 1.94 bits per heavy atom. The number of halogens is 1. The van der Waals surface area contributed by atoms with Gasteiger partial charge >= 0.3 is 29.6 Å². The summed E-state index contributed by atoms with van der Waals surface area (Å²) in [5, 5.41) is 10.4. The molecule has 0 saturated heterocycles. The standard InChI is InChI=1S/C11H20FNO3.Na/c1-3-7-13(8-11(15)16)10(14)6-5-9(12)4-2;/h9H,3-8H2,1-2H3,(H,15,16);/q;+1/p-1. The van der Waals surface area contributed by atoms with Gasteiger partial charge in [-0.05, 0) is 19.3 Å². The van der Waals surface area contributed by atoms with Gasteiger partial charge < -0.3 is 14.8 Å². The van der Waals surface area contributed by atoms with Crippen LogP contribution in [0.1, 0.15) is 39.5 Å². The minimum atomic E-state index is -1.28. The largest absolute Gasteiger partial charge is 1.00 e. The predicted molar refractivity (Wildman–Crippen MR) is 56.3 cm³/mol. The van der Waals surface area contributed by atoms with Gasteiger partial charge in [-0.25, -0.2) is 4.39 Å². The molecule has 0 aromatic rings. The first-order chi connectivity index (χ1) is 7.51. The molecule has 0 rings (SSSR count). The summed E-state index contributed by atoms with van der Waals surface area (Å²) >= 11 is 0. The molecular formula is C11H19FNNaO3. The molecule has 4 nitrogen and oxygen atoms in total. The van der Waals surface area contributed by atoms with Gasteiger partial charge in [-0.1, -0.05) is 13.8 Å². The van der Waals surface area contributed by atoms with E-state index in [4.69, 9.17) is 0 Å². The van der Waals surface area contributed by atoms with E-state index in [0.29, 0.717) is 19.4 Å². The minimum absolute atomic E-state index is 0. The molecule has 0 aromatic carbocycles. The van der Waals surface area contributed by atoms with Crippen molar-refractivity contribution in [1.82, 2.24) is 4.90 Å². The zero-order chi connectivity index (χ0) is 12.6. The van der Waals surface area contributed by atoms with Crippen molar-refractivity contribution in [2.75, 3.05) is 13.1 Å². The molecule has 1 unspecified atom stereocenters. The Bertz CT molecular complexity index is 239. The molecule has 0 fully saturated rings. The van der Waals surface area contributed by atoms with Crippen LogP contribution in [0.2, 0.25) is 0 Å². The average Bonchev–Trinajstić information content (AvgIpc) is 2.24. The fraction of sp³-hybridized carbons (Fsp3) is 0.818. The van der Waals surface area contributed by atoms with Crippen LogP contribution in [0, 0.1) is 0 Å². The summed E-state index contributed by atoms with van der Waals surface area (Å²) in [4.78, 5) is 23.2. The zero-order valence-electron chi connectivity index (χ0n) is 10.9. The molecule has 1 amide bonds. The molecule has 17 heavy (non-hydrogen) atoms. The van der Waals surface area contributed by atoms with Crippen LogP contribution in [0.3, 0.4) is 0 Å². The summed E-state index contributed by atoms with van der Waals surface area (Å²) in [6, 6.07) is 0. The molecule has 94 valence electrons. The monoisotopic (exact) mass is 255 g/mol. The Hall–Kier alpha value is -0.130. The van der Waals surface area contributed by atoms with Gasteiger partial charge in [0, 0.05) is 13.0 Å². The predicted octanol–water partition coefficient (Wildman–Crippen LogP) is -2.49. The zero-order valence-corrected chi connectivity index (χ0v) is 12.9. The van der Waals surface area contributed by atoms with Gasteiger partial charge in [0.15, 0.2) is 0 Å². The Labute approximate surface area is 124 Å². The molecule has 0 saturated carbocycles. The third-order valence-electron chi connectivity index (χ3n) is 2.28. The molecule has 0 aromatic heterocycles. The Balaban J connectivity index is 0. The molecule has 0 heterocycles. The number of carbonyl (C=O) groups excluding carboxylic acids is 2. The fourth-order valence-corrected chi connectivity index (χ4v) is 1.36. The van der Waals surface area contributed by atoms with Gasteiger partial charge in [0.2, 0.25) is 5.91 Å². The number of carbonyl (C=O) groups is 2. The summed E-state index contributed by atoms with van der Waals surface area (Å²) in [6.07, 6.45) is 0.272. The van der Waals surface area contributed by atoms with Crippen LogP contribution in [-0.4, -0.2) is 36.0 Å². The number of amides is 1. The van der Waals surface area contributed by atoms with Crippen molar-refractivity contribution in [3.63, 3.8) is 0 Å². The van der Waals surface area contributed by atoms with Gasteiger partial charge in [-0.3, -0.25) is 4.79 Å². The van der Waals surface area contributed by atoms with Crippen LogP contribution in [-0.2, 0) is 9.59 Å². The van der Waals surface area contributed by atoms with E-state index in [9.17, 15) is 19.1 Å². The van der Waals surface area contributed by atoms with Crippen molar-refractivity contribution in [3.05, 3.63) is 0 Å². The van der Waals surface area contributed by atoms with Crippen LogP contribution in [0.15, 0.2) is 0 Å². The summed E-state index contributed by atoms with van der Waals surface area (Å²) < 4.78 is 12.9. The molecule has 0 N–H and O–H groups in total. The quantitative estimate of drug-likeness (QED) is 0.451. The van der Waals surface area contributed by atoms with E-state index in [1.165, 1.54) is 4.90 Å². The molecular weight excluding hydrogens is 236 g/mol. The van der Waals surface area contributed by atoms with E-state index < -0.39 is 18.7 Å². The first kappa shape index (κ1) is 19.2. The van der Waals surface area contributed by atoms with Gasteiger partial charge in [0.25, 0.3) is 0 Å². The number of carboxylic acids is 1. The van der Waals surface area contributed by atoms with E-state index in [-0.39, 0.29) is 48.3 Å². The van der Waals surface area contributed by atoms with Crippen molar-refractivity contribution in [1.29, 1.82) is 0 Å². The average molecular weight is 255 g/mol. The first-order valence-corrected chi connectivity index (χ1v) is 5.62. The van der Waals surface area contributed by atoms with E-state index in [1.54, 1.807) is 6.92 Å².